The van der Waals surface area contributed by atoms with E-state index in [9.17, 15) is 0 Å². The van der Waals surface area contributed by atoms with Gasteiger partial charge < -0.3 is 10.6 Å². The quantitative estimate of drug-likeness (QED) is 0.701. The summed E-state index contributed by atoms with van der Waals surface area (Å²) in [5.41, 5.74) is 4.52. The minimum atomic E-state index is 0.669. The van der Waals surface area contributed by atoms with E-state index in [2.05, 4.69) is 35.9 Å². The van der Waals surface area contributed by atoms with Crippen molar-refractivity contribution in [2.45, 2.75) is 24.8 Å². The lowest BCUT2D eigenvalue weighted by Gasteiger charge is -2.27. The summed E-state index contributed by atoms with van der Waals surface area (Å²) in [4.78, 5) is 0. The van der Waals surface area contributed by atoms with Gasteiger partial charge in [0.1, 0.15) is 0 Å². The Hall–Kier alpha value is -1.02. The third-order valence-corrected chi connectivity index (χ3v) is 3.59. The number of benzene rings is 1. The standard InChI is InChI=1S/C12H16N2/c1-13-10-5-8-3-2-4-11-12(8)9(6-10)7-14-11/h2-4,9-10,13-14H,5-7H2,1H3/t9-,10+/m0/s1. The molecule has 1 heterocycles. The Bertz CT molecular complexity index is 359. The maximum Gasteiger partial charge on any atom is 0.0379 e. The Morgan fingerprint density at radius 3 is 3.21 bits per heavy atom. The molecule has 0 unspecified atom stereocenters. The van der Waals surface area contributed by atoms with Crippen molar-refractivity contribution in [2.24, 2.45) is 0 Å². The zero-order chi connectivity index (χ0) is 9.54. The lowest BCUT2D eigenvalue weighted by Crippen LogP contribution is -2.33. The number of hydrogen-bond donors (Lipinski definition) is 2. The van der Waals surface area contributed by atoms with Gasteiger partial charge in [-0.2, -0.15) is 0 Å². The zero-order valence-corrected chi connectivity index (χ0v) is 8.51. The Morgan fingerprint density at radius 1 is 1.43 bits per heavy atom. The fourth-order valence-corrected chi connectivity index (χ4v) is 2.88. The predicted molar refractivity (Wildman–Crippen MR) is 58.8 cm³/mol. The van der Waals surface area contributed by atoms with Crippen LogP contribution in [0.2, 0.25) is 0 Å². The lowest BCUT2D eigenvalue weighted by molar-refractivity contribution is 0.454. The molecule has 0 fully saturated rings. The van der Waals surface area contributed by atoms with Gasteiger partial charge in [-0.05, 0) is 37.1 Å². The lowest BCUT2D eigenvalue weighted by atomic mass is 9.81. The van der Waals surface area contributed by atoms with Crippen molar-refractivity contribution in [3.8, 4) is 0 Å². The predicted octanol–water partition coefficient (Wildman–Crippen LogP) is 1.73. The molecule has 1 aliphatic heterocycles. The molecular formula is C12H16N2. The summed E-state index contributed by atoms with van der Waals surface area (Å²) >= 11 is 0. The molecule has 0 radical (unpaired) electrons. The Morgan fingerprint density at radius 2 is 2.36 bits per heavy atom. The first-order chi connectivity index (χ1) is 6.88. The molecule has 2 heteroatoms. The Balaban J connectivity index is 2.06. The molecule has 14 heavy (non-hydrogen) atoms. The molecular weight excluding hydrogens is 172 g/mol. The van der Waals surface area contributed by atoms with Crippen LogP contribution in [0.4, 0.5) is 5.69 Å². The van der Waals surface area contributed by atoms with Gasteiger partial charge in [-0.1, -0.05) is 12.1 Å². The average Bonchev–Trinajstić information content (AvgIpc) is 2.64. The van der Waals surface area contributed by atoms with Gasteiger partial charge in [0.2, 0.25) is 0 Å². The number of nitrogens with one attached hydrogen (secondary N) is 2. The van der Waals surface area contributed by atoms with Gasteiger partial charge in [0, 0.05) is 24.2 Å². The van der Waals surface area contributed by atoms with Gasteiger partial charge in [0.25, 0.3) is 0 Å². The molecule has 2 aliphatic rings. The van der Waals surface area contributed by atoms with Crippen LogP contribution in [-0.4, -0.2) is 19.6 Å². The molecule has 0 saturated heterocycles. The number of anilines is 1. The summed E-state index contributed by atoms with van der Waals surface area (Å²) in [6.45, 7) is 1.13. The molecule has 2 atom stereocenters. The molecule has 3 rings (SSSR count). The van der Waals surface area contributed by atoms with Gasteiger partial charge in [0.05, 0.1) is 0 Å². The second-order valence-electron chi connectivity index (χ2n) is 4.38. The fraction of sp³-hybridized carbons (Fsp3) is 0.500. The second kappa shape index (κ2) is 2.99. The van der Waals surface area contributed by atoms with Crippen molar-refractivity contribution in [3.63, 3.8) is 0 Å². The molecule has 0 bridgehead atoms. The molecule has 0 amide bonds. The highest BCUT2D eigenvalue weighted by atomic mass is 14.9. The van der Waals surface area contributed by atoms with Crippen LogP contribution >= 0.6 is 0 Å². The molecule has 1 aliphatic carbocycles. The van der Waals surface area contributed by atoms with Crippen LogP contribution in [0.15, 0.2) is 18.2 Å². The number of likely N-dealkylation sites (N-methyl/N-ethyl adjacent to an activating group) is 1. The van der Waals surface area contributed by atoms with E-state index in [4.69, 9.17) is 0 Å². The molecule has 1 aromatic carbocycles. The van der Waals surface area contributed by atoms with Crippen molar-refractivity contribution >= 4 is 5.69 Å². The summed E-state index contributed by atoms with van der Waals surface area (Å²) in [5, 5.41) is 6.90. The van der Waals surface area contributed by atoms with Crippen LogP contribution in [0.3, 0.4) is 0 Å². The van der Waals surface area contributed by atoms with Gasteiger partial charge in [-0.25, -0.2) is 0 Å². The van der Waals surface area contributed by atoms with Crippen molar-refractivity contribution in [2.75, 3.05) is 18.9 Å². The minimum Gasteiger partial charge on any atom is -0.384 e. The fourth-order valence-electron chi connectivity index (χ4n) is 2.88. The zero-order valence-electron chi connectivity index (χ0n) is 8.51. The van der Waals surface area contributed by atoms with Crippen LogP contribution in [0.5, 0.6) is 0 Å². The normalized spacial score (nSPS) is 28.4. The highest BCUT2D eigenvalue weighted by molar-refractivity contribution is 5.62. The number of rotatable bonds is 1. The summed E-state index contributed by atoms with van der Waals surface area (Å²) in [7, 11) is 2.07. The largest absolute Gasteiger partial charge is 0.384 e. The third-order valence-electron chi connectivity index (χ3n) is 3.59. The molecule has 2 nitrogen and oxygen atoms in total. The highest BCUT2D eigenvalue weighted by Gasteiger charge is 2.31. The van der Waals surface area contributed by atoms with Gasteiger partial charge in [-0.3, -0.25) is 0 Å². The van der Waals surface area contributed by atoms with E-state index in [-0.39, 0.29) is 0 Å². The summed E-state index contributed by atoms with van der Waals surface area (Å²) in [6, 6.07) is 7.32. The Labute approximate surface area is 84.7 Å². The van der Waals surface area contributed by atoms with E-state index < -0.39 is 0 Å². The van der Waals surface area contributed by atoms with Gasteiger partial charge in [-0.15, -0.1) is 0 Å². The summed E-state index contributed by atoms with van der Waals surface area (Å²) < 4.78 is 0. The molecule has 0 aromatic heterocycles. The van der Waals surface area contributed by atoms with Crippen molar-refractivity contribution in [3.05, 3.63) is 29.3 Å². The van der Waals surface area contributed by atoms with E-state index in [1.54, 1.807) is 11.1 Å². The molecule has 1 aromatic rings. The first-order valence-electron chi connectivity index (χ1n) is 5.41. The van der Waals surface area contributed by atoms with E-state index in [1.807, 2.05) is 0 Å². The SMILES string of the molecule is CN[C@@H]1Cc2cccc3c2[C@H](CN3)C1. The first-order valence-corrected chi connectivity index (χ1v) is 5.41. The van der Waals surface area contributed by atoms with E-state index in [0.29, 0.717) is 6.04 Å². The minimum absolute atomic E-state index is 0.669. The van der Waals surface area contributed by atoms with E-state index in [0.717, 1.165) is 12.5 Å². The Kier molecular flexibility index (Phi) is 1.77. The van der Waals surface area contributed by atoms with Crippen LogP contribution < -0.4 is 10.6 Å². The molecule has 74 valence electrons. The first kappa shape index (κ1) is 8.30. The van der Waals surface area contributed by atoms with E-state index in [1.165, 1.54) is 18.5 Å². The number of hydrogen-bond acceptors (Lipinski definition) is 2. The van der Waals surface area contributed by atoms with Crippen LogP contribution in [0.1, 0.15) is 23.5 Å². The molecule has 0 saturated carbocycles. The van der Waals surface area contributed by atoms with Gasteiger partial charge >= 0.3 is 0 Å². The smallest absolute Gasteiger partial charge is 0.0379 e. The highest BCUT2D eigenvalue weighted by Crippen LogP contribution is 2.40. The molecule has 0 spiro atoms. The monoisotopic (exact) mass is 188 g/mol. The van der Waals surface area contributed by atoms with E-state index >= 15 is 0 Å². The topological polar surface area (TPSA) is 24.1 Å². The van der Waals surface area contributed by atoms with Crippen LogP contribution in [0, 0.1) is 0 Å². The third kappa shape index (κ3) is 1.07. The second-order valence-corrected chi connectivity index (χ2v) is 4.38. The van der Waals surface area contributed by atoms with Crippen molar-refractivity contribution < 1.29 is 0 Å². The van der Waals surface area contributed by atoms with Gasteiger partial charge in [0.15, 0.2) is 0 Å². The van der Waals surface area contributed by atoms with Crippen LogP contribution in [-0.2, 0) is 6.42 Å². The maximum atomic E-state index is 3.50. The maximum absolute atomic E-state index is 3.50. The molecule has 2 N–H and O–H groups in total. The summed E-state index contributed by atoms with van der Waals surface area (Å²) in [5.74, 6) is 0.743. The van der Waals surface area contributed by atoms with Crippen molar-refractivity contribution in [1.29, 1.82) is 0 Å². The van der Waals surface area contributed by atoms with Crippen molar-refractivity contribution in [1.82, 2.24) is 5.32 Å². The summed E-state index contributed by atoms with van der Waals surface area (Å²) in [6.07, 6.45) is 2.48. The average molecular weight is 188 g/mol. The van der Waals surface area contributed by atoms with Crippen LogP contribution in [0.25, 0.3) is 0 Å².